The van der Waals surface area contributed by atoms with Crippen LogP contribution in [0.5, 0.6) is 0 Å². The molecule has 1 aromatic rings. The van der Waals surface area contributed by atoms with Gasteiger partial charge in [0.25, 0.3) is 5.91 Å². The summed E-state index contributed by atoms with van der Waals surface area (Å²) in [4.78, 5) is 23.8. The van der Waals surface area contributed by atoms with Gasteiger partial charge in [0.05, 0.1) is 0 Å². The Bertz CT molecular complexity index is 624. The third-order valence-corrected chi connectivity index (χ3v) is 9.86. The summed E-state index contributed by atoms with van der Waals surface area (Å²) in [6.45, 7) is 10.9. The van der Waals surface area contributed by atoms with E-state index in [1.54, 1.807) is 18.2 Å². The summed E-state index contributed by atoms with van der Waals surface area (Å²) in [6.07, 6.45) is 0.225. The van der Waals surface area contributed by atoms with Crippen LogP contribution in [-0.2, 0) is 9.22 Å². The molecule has 0 saturated carbocycles. The number of aliphatic carboxylic acids is 1. The van der Waals surface area contributed by atoms with E-state index in [0.29, 0.717) is 12.2 Å². The zero-order chi connectivity index (χ0) is 19.4. The van der Waals surface area contributed by atoms with Gasteiger partial charge in [0.15, 0.2) is 8.32 Å². The molecule has 0 radical (unpaired) electrons. The predicted octanol–water partition coefficient (Wildman–Crippen LogP) is 4.81. The van der Waals surface area contributed by atoms with Crippen molar-refractivity contribution in [3.8, 4) is 0 Å². The third-order valence-electron chi connectivity index (χ3n) is 4.40. The number of hydrogen-bond donors (Lipinski definition) is 2. The van der Waals surface area contributed by atoms with Gasteiger partial charge in [-0.2, -0.15) is 0 Å². The van der Waals surface area contributed by atoms with E-state index >= 15 is 0 Å². The monoisotopic (exact) mass is 493 g/mol. The number of carboxylic acid groups (broad SMARTS) is 1. The number of rotatable bonds is 7. The number of nitrogens with one attached hydrogen (secondary N) is 1. The van der Waals surface area contributed by atoms with Crippen LogP contribution < -0.4 is 5.32 Å². The summed E-state index contributed by atoms with van der Waals surface area (Å²) >= 11 is 6.63. The molecule has 0 aliphatic carbocycles. The minimum atomic E-state index is -1.94. The molecule has 0 bridgehead atoms. The maximum absolute atomic E-state index is 12.3. The Hall–Kier alpha value is -0.703. The van der Waals surface area contributed by atoms with Crippen molar-refractivity contribution in [3.05, 3.63) is 32.7 Å². The summed E-state index contributed by atoms with van der Waals surface area (Å²) < 4.78 is 7.48. The van der Waals surface area contributed by atoms with E-state index in [0.717, 1.165) is 8.95 Å². The Morgan fingerprint density at radius 2 is 1.72 bits per heavy atom. The maximum Gasteiger partial charge on any atom is 0.326 e. The van der Waals surface area contributed by atoms with E-state index in [9.17, 15) is 14.7 Å². The van der Waals surface area contributed by atoms with Crippen LogP contribution in [0, 0.1) is 0 Å². The van der Waals surface area contributed by atoms with Gasteiger partial charge in [0, 0.05) is 27.5 Å². The van der Waals surface area contributed by atoms with E-state index in [-0.39, 0.29) is 11.5 Å². The average molecular weight is 495 g/mol. The molecule has 0 aliphatic heterocycles. The molecule has 0 aromatic heterocycles. The number of carbonyl (C=O) groups excluding carboxylic acids is 1. The van der Waals surface area contributed by atoms with Crippen LogP contribution in [0.15, 0.2) is 27.1 Å². The molecule has 5 nitrogen and oxygen atoms in total. The van der Waals surface area contributed by atoms with Crippen molar-refractivity contribution in [1.29, 1.82) is 0 Å². The van der Waals surface area contributed by atoms with Crippen molar-refractivity contribution in [2.75, 3.05) is 6.61 Å². The second kappa shape index (κ2) is 8.79. The maximum atomic E-state index is 12.3. The lowest BCUT2D eigenvalue weighted by atomic mass is 10.1. The molecule has 0 unspecified atom stereocenters. The standard InChI is InChI=1S/C17H25Br2NO4Si/c1-17(2,3)25(4,5)24-7-6-14(16(22)23)20-15(21)11-8-12(18)10-13(19)9-11/h8-10,14H,6-7H2,1-5H3,(H,20,21)(H,22,23)/t14-/m1/s1. The van der Waals surface area contributed by atoms with Crippen LogP contribution in [0.2, 0.25) is 18.1 Å². The number of hydrogen-bond acceptors (Lipinski definition) is 3. The molecular formula is C17H25Br2NO4Si. The van der Waals surface area contributed by atoms with Gasteiger partial charge in [-0.15, -0.1) is 0 Å². The first-order chi connectivity index (χ1) is 11.3. The fourth-order valence-electron chi connectivity index (χ4n) is 1.83. The molecule has 0 aliphatic rings. The largest absolute Gasteiger partial charge is 0.480 e. The molecule has 1 rings (SSSR count). The fourth-order valence-corrected chi connectivity index (χ4v) is 4.19. The average Bonchev–Trinajstić information content (AvgIpc) is 2.43. The second-order valence-corrected chi connectivity index (χ2v) is 14.1. The SMILES string of the molecule is CC(C)(C)[Si](C)(C)OCC[C@@H](NC(=O)c1cc(Br)cc(Br)c1)C(=O)O. The molecule has 8 heteroatoms. The first-order valence-electron chi connectivity index (χ1n) is 7.97. The van der Waals surface area contributed by atoms with Crippen molar-refractivity contribution in [2.24, 2.45) is 0 Å². The third kappa shape index (κ3) is 6.84. The molecule has 0 heterocycles. The summed E-state index contributed by atoms with van der Waals surface area (Å²) in [6, 6.07) is 4.10. The second-order valence-electron chi connectivity index (χ2n) is 7.42. The normalized spacial score (nSPS) is 13.4. The lowest BCUT2D eigenvalue weighted by Gasteiger charge is -2.36. The van der Waals surface area contributed by atoms with Crippen LogP contribution in [0.4, 0.5) is 0 Å². The first kappa shape index (κ1) is 22.3. The van der Waals surface area contributed by atoms with Gasteiger partial charge in [-0.05, 0) is 36.3 Å². The Morgan fingerprint density at radius 3 is 2.16 bits per heavy atom. The summed E-state index contributed by atoms with van der Waals surface area (Å²) in [5, 5.41) is 12.0. The highest BCUT2D eigenvalue weighted by atomic mass is 79.9. The van der Waals surface area contributed by atoms with Gasteiger partial charge in [-0.25, -0.2) is 4.79 Å². The highest BCUT2D eigenvalue weighted by molar-refractivity contribution is 9.11. The highest BCUT2D eigenvalue weighted by Gasteiger charge is 2.37. The number of carbonyl (C=O) groups is 2. The Kier molecular flexibility index (Phi) is 7.86. The number of carboxylic acids is 1. The first-order valence-corrected chi connectivity index (χ1v) is 12.5. The van der Waals surface area contributed by atoms with Crippen molar-refractivity contribution in [2.45, 2.75) is 51.4 Å². The molecule has 1 aromatic carbocycles. The molecule has 2 N–H and O–H groups in total. The smallest absolute Gasteiger partial charge is 0.326 e. The predicted molar refractivity (Wildman–Crippen MR) is 108 cm³/mol. The van der Waals surface area contributed by atoms with Gasteiger partial charge in [-0.3, -0.25) is 4.79 Å². The van der Waals surface area contributed by atoms with E-state index < -0.39 is 26.2 Å². The van der Waals surface area contributed by atoms with Crippen LogP contribution in [0.25, 0.3) is 0 Å². The van der Waals surface area contributed by atoms with Gasteiger partial charge >= 0.3 is 5.97 Å². The number of benzene rings is 1. The van der Waals surface area contributed by atoms with Crippen LogP contribution in [0.1, 0.15) is 37.6 Å². The van der Waals surface area contributed by atoms with E-state index in [1.807, 2.05) is 0 Å². The van der Waals surface area contributed by atoms with Crippen LogP contribution in [-0.4, -0.2) is 37.9 Å². The Balaban J connectivity index is 2.72. The summed E-state index contributed by atoms with van der Waals surface area (Å²) in [5.41, 5.74) is 0.387. The van der Waals surface area contributed by atoms with Crippen molar-refractivity contribution < 1.29 is 19.1 Å². The molecule has 140 valence electrons. The molecule has 0 fully saturated rings. The van der Waals surface area contributed by atoms with E-state index in [4.69, 9.17) is 4.43 Å². The Morgan fingerprint density at radius 1 is 1.20 bits per heavy atom. The summed E-state index contributed by atoms with van der Waals surface area (Å²) in [5.74, 6) is -1.50. The highest BCUT2D eigenvalue weighted by Crippen LogP contribution is 2.36. The van der Waals surface area contributed by atoms with Crippen LogP contribution in [0.3, 0.4) is 0 Å². The number of amides is 1. The van der Waals surface area contributed by atoms with Crippen LogP contribution >= 0.6 is 31.9 Å². The van der Waals surface area contributed by atoms with Crippen molar-refractivity contribution >= 4 is 52.1 Å². The fraction of sp³-hybridized carbons (Fsp3) is 0.529. The van der Waals surface area contributed by atoms with Gasteiger partial charge in [0.1, 0.15) is 6.04 Å². The molecule has 25 heavy (non-hydrogen) atoms. The molecular weight excluding hydrogens is 470 g/mol. The minimum Gasteiger partial charge on any atom is -0.480 e. The van der Waals surface area contributed by atoms with Crippen molar-refractivity contribution in [1.82, 2.24) is 5.32 Å². The topological polar surface area (TPSA) is 75.6 Å². The molecule has 1 amide bonds. The summed E-state index contributed by atoms with van der Waals surface area (Å²) in [7, 11) is -1.94. The molecule has 0 saturated heterocycles. The Labute approximate surface area is 166 Å². The quantitative estimate of drug-likeness (QED) is 0.533. The van der Waals surface area contributed by atoms with Crippen molar-refractivity contribution in [3.63, 3.8) is 0 Å². The molecule has 1 atom stereocenters. The van der Waals surface area contributed by atoms with Gasteiger partial charge < -0.3 is 14.8 Å². The van der Waals surface area contributed by atoms with Gasteiger partial charge in [0.2, 0.25) is 0 Å². The zero-order valence-corrected chi connectivity index (χ0v) is 19.3. The van der Waals surface area contributed by atoms with E-state index in [2.05, 4.69) is 71.0 Å². The number of halogens is 2. The lowest BCUT2D eigenvalue weighted by molar-refractivity contribution is -0.139. The minimum absolute atomic E-state index is 0.0531. The lowest BCUT2D eigenvalue weighted by Crippen LogP contribution is -2.44. The zero-order valence-electron chi connectivity index (χ0n) is 15.2. The van der Waals surface area contributed by atoms with Gasteiger partial charge in [-0.1, -0.05) is 52.6 Å². The van der Waals surface area contributed by atoms with E-state index in [1.165, 1.54) is 0 Å². The molecule has 0 spiro atoms.